The van der Waals surface area contributed by atoms with E-state index >= 15 is 0 Å². The molecule has 3 rings (SSSR count). The van der Waals surface area contributed by atoms with Gasteiger partial charge in [0.05, 0.1) is 0 Å². The van der Waals surface area contributed by atoms with Crippen LogP contribution in [0.4, 0.5) is 0 Å². The fourth-order valence-electron chi connectivity index (χ4n) is 5.45. The van der Waals surface area contributed by atoms with Crippen molar-refractivity contribution in [1.29, 1.82) is 0 Å². The van der Waals surface area contributed by atoms with Gasteiger partial charge in [-0.3, -0.25) is 0 Å². The summed E-state index contributed by atoms with van der Waals surface area (Å²) in [7, 11) is 0. The van der Waals surface area contributed by atoms with Crippen molar-refractivity contribution in [2.75, 3.05) is 0 Å². The van der Waals surface area contributed by atoms with Crippen molar-refractivity contribution < 1.29 is 5.21 Å². The van der Waals surface area contributed by atoms with Crippen LogP contribution in [-0.4, -0.2) is 21.3 Å². The van der Waals surface area contributed by atoms with Crippen molar-refractivity contribution in [3.63, 3.8) is 0 Å². The molecule has 1 heterocycles. The van der Waals surface area contributed by atoms with Crippen LogP contribution in [0.1, 0.15) is 90.9 Å². The molecule has 2 heteroatoms. The third-order valence-electron chi connectivity index (χ3n) is 6.69. The van der Waals surface area contributed by atoms with Gasteiger partial charge in [-0.25, -0.2) is 0 Å². The third kappa shape index (κ3) is 2.43. The van der Waals surface area contributed by atoms with Gasteiger partial charge in [-0.05, 0) is 50.4 Å². The summed E-state index contributed by atoms with van der Waals surface area (Å²) < 4.78 is 0. The van der Waals surface area contributed by atoms with Gasteiger partial charge in [0.15, 0.2) is 0 Å². The van der Waals surface area contributed by atoms with Crippen LogP contribution in [0.3, 0.4) is 0 Å². The second-order valence-electron chi connectivity index (χ2n) is 8.29. The summed E-state index contributed by atoms with van der Waals surface area (Å²) in [6, 6.07) is 0. The molecule has 2 aliphatic carbocycles. The van der Waals surface area contributed by atoms with Crippen molar-refractivity contribution in [1.82, 2.24) is 5.06 Å². The topological polar surface area (TPSA) is 23.5 Å². The van der Waals surface area contributed by atoms with Crippen molar-refractivity contribution in [3.8, 4) is 0 Å². The summed E-state index contributed by atoms with van der Waals surface area (Å²) in [5, 5.41) is 13.1. The molecule has 3 fully saturated rings. The molecule has 0 radical (unpaired) electrons. The largest absolute Gasteiger partial charge is 0.313 e. The molecule has 116 valence electrons. The predicted molar refractivity (Wildman–Crippen MR) is 82.8 cm³/mol. The van der Waals surface area contributed by atoms with Gasteiger partial charge in [0.25, 0.3) is 0 Å². The van der Waals surface area contributed by atoms with E-state index in [0.29, 0.717) is 0 Å². The Bertz CT molecular complexity index is 298. The predicted octanol–water partition coefficient (Wildman–Crippen LogP) is 5.15. The quantitative estimate of drug-likeness (QED) is 0.717. The van der Waals surface area contributed by atoms with Gasteiger partial charge >= 0.3 is 0 Å². The standard InChI is InChI=1S/C18H33NO/c1-15(2)16-13-17(9-5-3-6-10-17)19(20)18(14-16)11-7-4-8-12-18/h15-16,20H,3-14H2,1-2H3. The fourth-order valence-corrected chi connectivity index (χ4v) is 5.45. The second kappa shape index (κ2) is 5.61. The molecule has 0 aromatic heterocycles. The molecule has 0 aromatic rings. The summed E-state index contributed by atoms with van der Waals surface area (Å²) in [6.45, 7) is 4.79. The van der Waals surface area contributed by atoms with Gasteiger partial charge in [-0.2, -0.15) is 5.06 Å². The molecule has 2 saturated carbocycles. The summed E-state index contributed by atoms with van der Waals surface area (Å²) in [6.07, 6.45) is 15.4. The summed E-state index contributed by atoms with van der Waals surface area (Å²) in [4.78, 5) is 0. The van der Waals surface area contributed by atoms with E-state index in [2.05, 4.69) is 13.8 Å². The number of hydroxylamine groups is 2. The van der Waals surface area contributed by atoms with Crippen LogP contribution in [0.5, 0.6) is 0 Å². The minimum Gasteiger partial charge on any atom is -0.313 e. The van der Waals surface area contributed by atoms with Crippen LogP contribution in [0.15, 0.2) is 0 Å². The van der Waals surface area contributed by atoms with Gasteiger partial charge in [0, 0.05) is 11.1 Å². The first-order chi connectivity index (χ1) is 9.58. The minimum absolute atomic E-state index is 0.128. The molecule has 0 bridgehead atoms. The van der Waals surface area contributed by atoms with Crippen LogP contribution in [0.2, 0.25) is 0 Å². The van der Waals surface area contributed by atoms with Crippen LogP contribution < -0.4 is 0 Å². The lowest BCUT2D eigenvalue weighted by molar-refractivity contribution is -0.288. The van der Waals surface area contributed by atoms with Gasteiger partial charge in [-0.1, -0.05) is 52.4 Å². The summed E-state index contributed by atoms with van der Waals surface area (Å²) >= 11 is 0. The van der Waals surface area contributed by atoms with Crippen LogP contribution in [-0.2, 0) is 0 Å². The van der Waals surface area contributed by atoms with Crippen LogP contribution in [0, 0.1) is 11.8 Å². The summed E-state index contributed by atoms with van der Waals surface area (Å²) in [5.74, 6) is 1.58. The van der Waals surface area contributed by atoms with E-state index in [4.69, 9.17) is 0 Å². The lowest BCUT2D eigenvalue weighted by atomic mass is 9.61. The lowest BCUT2D eigenvalue weighted by Gasteiger charge is -2.60. The zero-order valence-electron chi connectivity index (χ0n) is 13.5. The zero-order valence-corrected chi connectivity index (χ0v) is 13.5. The van der Waals surface area contributed by atoms with E-state index in [-0.39, 0.29) is 11.1 Å². The Kier molecular flexibility index (Phi) is 4.16. The van der Waals surface area contributed by atoms with Gasteiger partial charge < -0.3 is 5.21 Å². The van der Waals surface area contributed by atoms with Crippen LogP contribution in [0.25, 0.3) is 0 Å². The molecule has 2 nitrogen and oxygen atoms in total. The van der Waals surface area contributed by atoms with Crippen molar-refractivity contribution in [2.24, 2.45) is 11.8 Å². The van der Waals surface area contributed by atoms with Crippen LogP contribution >= 0.6 is 0 Å². The van der Waals surface area contributed by atoms with Gasteiger partial charge in [0.2, 0.25) is 0 Å². The first-order valence-electron chi connectivity index (χ1n) is 9.07. The molecule has 2 spiro atoms. The monoisotopic (exact) mass is 279 g/mol. The van der Waals surface area contributed by atoms with Gasteiger partial charge in [0.1, 0.15) is 0 Å². The van der Waals surface area contributed by atoms with E-state index in [1.807, 2.05) is 5.06 Å². The maximum Gasteiger partial charge on any atom is 0.0469 e. The minimum atomic E-state index is 0.128. The molecule has 0 aromatic carbocycles. The highest BCUT2D eigenvalue weighted by molar-refractivity contribution is 5.06. The van der Waals surface area contributed by atoms with Gasteiger partial charge in [-0.15, -0.1) is 0 Å². The van der Waals surface area contributed by atoms with E-state index in [1.165, 1.54) is 77.0 Å². The molecule has 1 N–H and O–H groups in total. The number of nitrogens with zero attached hydrogens (tertiary/aromatic N) is 1. The fraction of sp³-hybridized carbons (Fsp3) is 1.00. The Balaban J connectivity index is 1.89. The molecule has 1 saturated heterocycles. The molecular formula is C18H33NO. The van der Waals surface area contributed by atoms with E-state index in [0.717, 1.165) is 11.8 Å². The van der Waals surface area contributed by atoms with Crippen molar-refractivity contribution >= 4 is 0 Å². The maximum absolute atomic E-state index is 11.2. The first-order valence-corrected chi connectivity index (χ1v) is 9.07. The number of piperidine rings is 1. The second-order valence-corrected chi connectivity index (χ2v) is 8.29. The highest BCUT2D eigenvalue weighted by Gasteiger charge is 2.54. The van der Waals surface area contributed by atoms with E-state index in [9.17, 15) is 5.21 Å². The van der Waals surface area contributed by atoms with Crippen molar-refractivity contribution in [2.45, 2.75) is 102 Å². The molecule has 0 amide bonds. The molecule has 1 aliphatic heterocycles. The molecule has 3 aliphatic rings. The Morgan fingerprint density at radius 3 is 1.55 bits per heavy atom. The summed E-state index contributed by atoms with van der Waals surface area (Å²) in [5.41, 5.74) is 0.256. The molecular weight excluding hydrogens is 246 g/mol. The molecule has 0 atom stereocenters. The lowest BCUT2D eigenvalue weighted by Crippen LogP contribution is -2.65. The smallest absolute Gasteiger partial charge is 0.0469 e. The Morgan fingerprint density at radius 2 is 1.20 bits per heavy atom. The van der Waals surface area contributed by atoms with E-state index in [1.54, 1.807) is 0 Å². The maximum atomic E-state index is 11.2. The first kappa shape index (κ1) is 14.8. The Labute approximate surface area is 124 Å². The number of hydrogen-bond acceptors (Lipinski definition) is 2. The average molecular weight is 279 g/mol. The SMILES string of the molecule is CC(C)C1CC2(CCCCC2)N(O)C2(CCCCC2)C1. The zero-order chi connectivity index (χ0) is 14.2. The highest BCUT2D eigenvalue weighted by atomic mass is 16.5. The Morgan fingerprint density at radius 1 is 0.800 bits per heavy atom. The highest BCUT2D eigenvalue weighted by Crippen LogP contribution is 2.53. The average Bonchev–Trinajstić information content (AvgIpc) is 2.46. The normalized spacial score (nSPS) is 33.9. The molecule has 0 unspecified atom stereocenters. The van der Waals surface area contributed by atoms with Crippen molar-refractivity contribution in [3.05, 3.63) is 0 Å². The van der Waals surface area contributed by atoms with E-state index < -0.39 is 0 Å². The Hall–Kier alpha value is -0.0800. The molecule has 20 heavy (non-hydrogen) atoms. The number of rotatable bonds is 1. The third-order valence-corrected chi connectivity index (χ3v) is 6.69. The number of hydrogen-bond donors (Lipinski definition) is 1.